The fraction of sp³-hybridized carbons (Fsp3) is 0.182. The summed E-state index contributed by atoms with van der Waals surface area (Å²) >= 11 is 6.97. The molecule has 0 radical (unpaired) electrons. The lowest BCUT2D eigenvalue weighted by atomic mass is 10.1. The van der Waals surface area contributed by atoms with Crippen LogP contribution in [0.4, 0.5) is 17.1 Å². The molecule has 0 spiro atoms. The van der Waals surface area contributed by atoms with Crippen molar-refractivity contribution in [1.82, 2.24) is 4.98 Å². The number of halogens is 1. The highest BCUT2D eigenvalue weighted by Crippen LogP contribution is 2.32. The van der Waals surface area contributed by atoms with Gasteiger partial charge in [-0.1, -0.05) is 11.6 Å². The quantitative estimate of drug-likeness (QED) is 0.663. The van der Waals surface area contributed by atoms with Crippen LogP contribution in [0.25, 0.3) is 0 Å². The minimum atomic E-state index is -0.665. The SMILES string of the molecule is Cc1c(NCc2cnc(Cl)s2)cc([N+](=O)[O-])cc1[N+](=O)[O-]. The average molecular weight is 329 g/mol. The fourth-order valence-corrected chi connectivity index (χ4v) is 2.63. The predicted octanol–water partition coefficient (Wildman–Crippen LogP) is 3.53. The Morgan fingerprint density at radius 1 is 1.33 bits per heavy atom. The summed E-state index contributed by atoms with van der Waals surface area (Å²) in [6.45, 7) is 1.85. The maximum Gasteiger partial charge on any atom is 0.281 e. The highest BCUT2D eigenvalue weighted by molar-refractivity contribution is 7.15. The molecule has 0 amide bonds. The number of aromatic nitrogens is 1. The summed E-state index contributed by atoms with van der Waals surface area (Å²) < 4.78 is 0.383. The smallest absolute Gasteiger partial charge is 0.281 e. The third-order valence-electron chi connectivity index (χ3n) is 2.75. The maximum absolute atomic E-state index is 11.0. The molecular formula is C11H9ClN4O4S. The Morgan fingerprint density at radius 2 is 2.05 bits per heavy atom. The second-order valence-corrected chi connectivity index (χ2v) is 5.78. The van der Waals surface area contributed by atoms with E-state index in [1.54, 1.807) is 6.20 Å². The number of nitro groups is 2. The van der Waals surface area contributed by atoms with Gasteiger partial charge in [-0.15, -0.1) is 11.3 Å². The Hall–Kier alpha value is -2.26. The van der Waals surface area contributed by atoms with E-state index in [9.17, 15) is 20.2 Å². The molecule has 0 fully saturated rings. The van der Waals surface area contributed by atoms with Crippen molar-refractivity contribution >= 4 is 40.0 Å². The van der Waals surface area contributed by atoms with E-state index in [1.165, 1.54) is 24.3 Å². The summed E-state index contributed by atoms with van der Waals surface area (Å²) in [6, 6.07) is 2.22. The van der Waals surface area contributed by atoms with Gasteiger partial charge in [-0.25, -0.2) is 4.98 Å². The van der Waals surface area contributed by atoms with Crippen LogP contribution in [0.2, 0.25) is 4.47 Å². The van der Waals surface area contributed by atoms with E-state index in [1.807, 2.05) is 0 Å². The van der Waals surface area contributed by atoms with E-state index in [4.69, 9.17) is 11.6 Å². The van der Waals surface area contributed by atoms with E-state index >= 15 is 0 Å². The Bertz CT molecular complexity index is 718. The first-order chi connectivity index (χ1) is 9.88. The molecule has 0 atom stereocenters. The van der Waals surface area contributed by atoms with Gasteiger partial charge in [0.25, 0.3) is 11.4 Å². The molecule has 10 heteroatoms. The van der Waals surface area contributed by atoms with Gasteiger partial charge in [-0.05, 0) is 6.92 Å². The predicted molar refractivity (Wildman–Crippen MR) is 78.9 cm³/mol. The minimum Gasteiger partial charge on any atom is -0.379 e. The van der Waals surface area contributed by atoms with Gasteiger partial charge >= 0.3 is 0 Å². The first-order valence-electron chi connectivity index (χ1n) is 5.66. The molecule has 2 rings (SSSR count). The molecule has 0 saturated carbocycles. The lowest BCUT2D eigenvalue weighted by Crippen LogP contribution is -2.03. The van der Waals surface area contributed by atoms with Crippen LogP contribution in [-0.2, 0) is 6.54 Å². The molecule has 21 heavy (non-hydrogen) atoms. The number of benzene rings is 1. The van der Waals surface area contributed by atoms with E-state index in [0.717, 1.165) is 10.9 Å². The summed E-state index contributed by atoms with van der Waals surface area (Å²) in [5.74, 6) is 0. The van der Waals surface area contributed by atoms with Crippen molar-refractivity contribution in [3.05, 3.63) is 53.5 Å². The molecule has 0 aliphatic heterocycles. The molecule has 8 nitrogen and oxygen atoms in total. The Morgan fingerprint density at radius 3 is 2.57 bits per heavy atom. The van der Waals surface area contributed by atoms with Gasteiger partial charge in [0.2, 0.25) is 0 Å². The standard InChI is InChI=1S/C11H9ClN4O4S/c1-6-9(13-4-8-5-14-11(12)21-8)2-7(15(17)18)3-10(6)16(19)20/h2-3,5,13H,4H2,1H3. The molecule has 1 aromatic carbocycles. The zero-order valence-corrected chi connectivity index (χ0v) is 12.3. The summed E-state index contributed by atoms with van der Waals surface area (Å²) in [7, 11) is 0. The van der Waals surface area contributed by atoms with Gasteiger partial charge in [0.1, 0.15) is 0 Å². The zero-order valence-electron chi connectivity index (χ0n) is 10.7. The third kappa shape index (κ3) is 3.44. The van der Waals surface area contributed by atoms with Crippen LogP contribution in [0.3, 0.4) is 0 Å². The second kappa shape index (κ2) is 6.02. The van der Waals surface area contributed by atoms with Crippen molar-refractivity contribution in [1.29, 1.82) is 0 Å². The van der Waals surface area contributed by atoms with Crippen molar-refractivity contribution in [3.63, 3.8) is 0 Å². The van der Waals surface area contributed by atoms with Crippen LogP contribution in [0, 0.1) is 27.2 Å². The van der Waals surface area contributed by atoms with Crippen molar-refractivity contribution in [3.8, 4) is 0 Å². The van der Waals surface area contributed by atoms with E-state index in [-0.39, 0.29) is 11.4 Å². The van der Waals surface area contributed by atoms with Crippen LogP contribution < -0.4 is 5.32 Å². The molecule has 0 aliphatic carbocycles. The first-order valence-corrected chi connectivity index (χ1v) is 6.85. The third-order valence-corrected chi connectivity index (χ3v) is 3.87. The highest BCUT2D eigenvalue weighted by atomic mass is 35.5. The van der Waals surface area contributed by atoms with Gasteiger partial charge in [-0.3, -0.25) is 20.2 Å². The fourth-order valence-electron chi connectivity index (χ4n) is 1.71. The molecule has 0 unspecified atom stereocenters. The summed E-state index contributed by atoms with van der Waals surface area (Å²) in [6.07, 6.45) is 1.57. The van der Waals surface area contributed by atoms with Crippen molar-refractivity contribution < 1.29 is 9.85 Å². The van der Waals surface area contributed by atoms with E-state index < -0.39 is 9.85 Å². The Balaban J connectivity index is 2.32. The number of nitro benzene ring substituents is 2. The lowest BCUT2D eigenvalue weighted by molar-refractivity contribution is -0.394. The number of rotatable bonds is 5. The first kappa shape index (κ1) is 15.1. The van der Waals surface area contributed by atoms with Crippen LogP contribution in [0.1, 0.15) is 10.4 Å². The van der Waals surface area contributed by atoms with E-state index in [0.29, 0.717) is 22.3 Å². The van der Waals surface area contributed by atoms with Crippen LogP contribution in [0.15, 0.2) is 18.3 Å². The van der Waals surface area contributed by atoms with Crippen molar-refractivity contribution in [2.24, 2.45) is 0 Å². The van der Waals surface area contributed by atoms with Gasteiger partial charge in [0.15, 0.2) is 4.47 Å². The normalized spacial score (nSPS) is 10.4. The zero-order chi connectivity index (χ0) is 15.6. The van der Waals surface area contributed by atoms with E-state index in [2.05, 4.69) is 10.3 Å². The largest absolute Gasteiger partial charge is 0.379 e. The number of anilines is 1. The number of thiazole rings is 1. The van der Waals surface area contributed by atoms with Crippen molar-refractivity contribution in [2.45, 2.75) is 13.5 Å². The second-order valence-electron chi connectivity index (χ2n) is 4.08. The number of nitrogens with one attached hydrogen (secondary N) is 1. The molecule has 1 aromatic heterocycles. The van der Waals surface area contributed by atoms with Gasteiger partial charge in [0, 0.05) is 17.1 Å². The molecule has 110 valence electrons. The molecular weight excluding hydrogens is 320 g/mol. The van der Waals surface area contributed by atoms with Crippen LogP contribution >= 0.6 is 22.9 Å². The number of non-ortho nitro benzene ring substituents is 1. The summed E-state index contributed by atoms with van der Waals surface area (Å²) in [5, 5.41) is 24.7. The number of nitrogens with zero attached hydrogens (tertiary/aromatic N) is 3. The molecule has 0 aliphatic rings. The maximum atomic E-state index is 11.0. The lowest BCUT2D eigenvalue weighted by Gasteiger charge is -2.08. The van der Waals surface area contributed by atoms with Gasteiger partial charge in [0.05, 0.1) is 33.7 Å². The van der Waals surface area contributed by atoms with Crippen LogP contribution in [-0.4, -0.2) is 14.8 Å². The van der Waals surface area contributed by atoms with Gasteiger partial charge in [-0.2, -0.15) is 0 Å². The average Bonchev–Trinajstić information content (AvgIpc) is 2.82. The van der Waals surface area contributed by atoms with Gasteiger partial charge < -0.3 is 5.32 Å². The highest BCUT2D eigenvalue weighted by Gasteiger charge is 2.21. The monoisotopic (exact) mass is 328 g/mol. The molecule has 2 aromatic rings. The van der Waals surface area contributed by atoms with Crippen molar-refractivity contribution in [2.75, 3.05) is 5.32 Å². The summed E-state index contributed by atoms with van der Waals surface area (Å²) in [5.41, 5.74) is 0.0350. The van der Waals surface area contributed by atoms with Crippen LogP contribution in [0.5, 0.6) is 0 Å². The summed E-state index contributed by atoms with van der Waals surface area (Å²) in [4.78, 5) is 25.2. The minimum absolute atomic E-state index is 0.297. The number of hydrogen-bond acceptors (Lipinski definition) is 7. The topological polar surface area (TPSA) is 111 Å². The number of hydrogen-bond donors (Lipinski definition) is 1. The Kier molecular flexibility index (Phi) is 4.34. The molecule has 0 saturated heterocycles. The molecule has 0 bridgehead atoms. The molecule has 1 N–H and O–H groups in total. The Labute approximate surface area is 127 Å². The molecule has 1 heterocycles.